The predicted octanol–water partition coefficient (Wildman–Crippen LogP) is 2.62. The predicted molar refractivity (Wildman–Crippen MR) is 79.5 cm³/mol. The maximum absolute atomic E-state index is 5.79. The van der Waals surface area contributed by atoms with Crippen molar-refractivity contribution >= 4 is 0 Å². The molecule has 2 rings (SSSR count). The number of ether oxygens (including phenoxy) is 3. The van der Waals surface area contributed by atoms with E-state index < -0.39 is 0 Å². The molecule has 1 aromatic carbocycles. The van der Waals surface area contributed by atoms with Gasteiger partial charge in [-0.25, -0.2) is 0 Å². The van der Waals surface area contributed by atoms with E-state index in [1.807, 2.05) is 31.2 Å². The lowest BCUT2D eigenvalue weighted by Crippen LogP contribution is -2.38. The molecule has 0 amide bonds. The number of hydrogen-bond acceptors (Lipinski definition) is 4. The molecule has 4 heteroatoms. The Morgan fingerprint density at radius 1 is 1.15 bits per heavy atom. The van der Waals surface area contributed by atoms with Gasteiger partial charge < -0.3 is 19.5 Å². The van der Waals surface area contributed by atoms with Gasteiger partial charge in [0.05, 0.1) is 12.7 Å². The quantitative estimate of drug-likeness (QED) is 0.743. The average molecular weight is 279 g/mol. The van der Waals surface area contributed by atoms with Crippen molar-refractivity contribution < 1.29 is 14.2 Å². The summed E-state index contributed by atoms with van der Waals surface area (Å²) in [5.41, 5.74) is 0. The third kappa shape index (κ3) is 4.12. The zero-order valence-electron chi connectivity index (χ0n) is 12.4. The van der Waals surface area contributed by atoms with Crippen LogP contribution in [-0.4, -0.2) is 39.0 Å². The van der Waals surface area contributed by atoms with Crippen molar-refractivity contribution in [3.63, 3.8) is 0 Å². The molecular formula is C16H25NO3. The van der Waals surface area contributed by atoms with Crippen LogP contribution < -0.4 is 14.8 Å². The van der Waals surface area contributed by atoms with Crippen molar-refractivity contribution in [2.45, 2.75) is 38.3 Å². The second-order valence-electron chi connectivity index (χ2n) is 4.99. The van der Waals surface area contributed by atoms with E-state index in [-0.39, 0.29) is 0 Å². The Balaban J connectivity index is 1.73. The third-order valence-corrected chi connectivity index (χ3v) is 3.67. The van der Waals surface area contributed by atoms with Crippen LogP contribution in [0.25, 0.3) is 0 Å². The Kier molecular flexibility index (Phi) is 6.15. The summed E-state index contributed by atoms with van der Waals surface area (Å²) in [6.45, 7) is 4.08. The van der Waals surface area contributed by atoms with E-state index in [0.717, 1.165) is 24.5 Å². The summed E-state index contributed by atoms with van der Waals surface area (Å²) < 4.78 is 16.8. The largest absolute Gasteiger partial charge is 0.490 e. The molecule has 0 aliphatic heterocycles. The first-order valence-corrected chi connectivity index (χ1v) is 7.46. The summed E-state index contributed by atoms with van der Waals surface area (Å²) in [6.07, 6.45) is 3.94. The molecule has 0 radical (unpaired) electrons. The second-order valence-corrected chi connectivity index (χ2v) is 4.99. The number of methoxy groups -OCH3 is 1. The van der Waals surface area contributed by atoms with E-state index in [4.69, 9.17) is 14.2 Å². The van der Waals surface area contributed by atoms with Gasteiger partial charge in [0.1, 0.15) is 6.61 Å². The Bertz CT molecular complexity index is 397. The highest BCUT2D eigenvalue weighted by Gasteiger charge is 2.26. The zero-order valence-corrected chi connectivity index (χ0v) is 12.4. The molecule has 20 heavy (non-hydrogen) atoms. The molecule has 0 spiro atoms. The number of nitrogens with one attached hydrogen (secondary N) is 1. The Morgan fingerprint density at radius 3 is 2.60 bits per heavy atom. The number of hydrogen-bond donors (Lipinski definition) is 1. The fourth-order valence-electron chi connectivity index (χ4n) is 2.69. The Hall–Kier alpha value is -1.26. The molecule has 1 aromatic rings. The molecule has 1 saturated carbocycles. The number of para-hydroxylation sites is 2. The van der Waals surface area contributed by atoms with Gasteiger partial charge in [-0.2, -0.15) is 0 Å². The van der Waals surface area contributed by atoms with Crippen molar-refractivity contribution in [3.05, 3.63) is 24.3 Å². The fourth-order valence-corrected chi connectivity index (χ4v) is 2.69. The van der Waals surface area contributed by atoms with Gasteiger partial charge >= 0.3 is 0 Å². The average Bonchev–Trinajstić information content (AvgIpc) is 2.93. The molecular weight excluding hydrogens is 254 g/mol. The molecule has 1 fully saturated rings. The summed E-state index contributed by atoms with van der Waals surface area (Å²) in [4.78, 5) is 0. The van der Waals surface area contributed by atoms with Crippen LogP contribution in [0.3, 0.4) is 0 Å². The van der Waals surface area contributed by atoms with Gasteiger partial charge in [-0.15, -0.1) is 0 Å². The van der Waals surface area contributed by atoms with Crippen molar-refractivity contribution in [1.29, 1.82) is 0 Å². The second kappa shape index (κ2) is 8.12. The maximum atomic E-state index is 5.79. The molecule has 1 N–H and O–H groups in total. The zero-order chi connectivity index (χ0) is 14.2. The molecule has 2 atom stereocenters. The molecule has 1 aliphatic carbocycles. The van der Waals surface area contributed by atoms with Crippen molar-refractivity contribution in [1.82, 2.24) is 5.32 Å². The number of benzene rings is 1. The normalized spacial score (nSPS) is 21.9. The molecule has 4 nitrogen and oxygen atoms in total. The van der Waals surface area contributed by atoms with Gasteiger partial charge in [0.2, 0.25) is 0 Å². The summed E-state index contributed by atoms with van der Waals surface area (Å²) in [5.74, 6) is 1.62. The monoisotopic (exact) mass is 279 g/mol. The molecule has 0 aromatic heterocycles. The first kappa shape index (κ1) is 15.1. The van der Waals surface area contributed by atoms with Gasteiger partial charge in [-0.05, 0) is 38.3 Å². The van der Waals surface area contributed by atoms with Gasteiger partial charge in [0, 0.05) is 19.7 Å². The summed E-state index contributed by atoms with van der Waals surface area (Å²) in [7, 11) is 1.79. The SMILES string of the molecule is CCOc1ccccc1OCCNC1CCCC1OC. The van der Waals surface area contributed by atoms with Crippen LogP contribution in [-0.2, 0) is 4.74 Å². The number of rotatable bonds is 8. The molecule has 0 heterocycles. The minimum atomic E-state index is 0.353. The van der Waals surface area contributed by atoms with Crippen molar-refractivity contribution in [2.75, 3.05) is 26.9 Å². The van der Waals surface area contributed by atoms with Crippen LogP contribution in [0.15, 0.2) is 24.3 Å². The highest BCUT2D eigenvalue weighted by molar-refractivity contribution is 5.39. The summed E-state index contributed by atoms with van der Waals surface area (Å²) >= 11 is 0. The molecule has 112 valence electrons. The van der Waals surface area contributed by atoms with Crippen LogP contribution in [0.4, 0.5) is 0 Å². The highest BCUT2D eigenvalue weighted by Crippen LogP contribution is 2.26. The van der Waals surface area contributed by atoms with Crippen LogP contribution in [0.1, 0.15) is 26.2 Å². The third-order valence-electron chi connectivity index (χ3n) is 3.67. The van der Waals surface area contributed by atoms with Gasteiger partial charge in [0.15, 0.2) is 11.5 Å². The first-order valence-electron chi connectivity index (χ1n) is 7.46. The van der Waals surface area contributed by atoms with Crippen molar-refractivity contribution in [2.24, 2.45) is 0 Å². The summed E-state index contributed by atoms with van der Waals surface area (Å²) in [6, 6.07) is 8.26. The van der Waals surface area contributed by atoms with Crippen molar-refractivity contribution in [3.8, 4) is 11.5 Å². The lowest BCUT2D eigenvalue weighted by Gasteiger charge is -2.20. The smallest absolute Gasteiger partial charge is 0.161 e. The topological polar surface area (TPSA) is 39.7 Å². The van der Waals surface area contributed by atoms with Gasteiger partial charge in [-0.3, -0.25) is 0 Å². The summed E-state index contributed by atoms with van der Waals surface area (Å²) in [5, 5.41) is 3.51. The van der Waals surface area contributed by atoms with E-state index in [1.54, 1.807) is 7.11 Å². The standard InChI is InChI=1S/C16H25NO3/c1-3-19-15-8-4-5-9-16(15)20-12-11-17-13-7-6-10-14(13)18-2/h4-5,8-9,13-14,17H,3,6-7,10-12H2,1-2H3. The minimum Gasteiger partial charge on any atom is -0.490 e. The van der Waals surface area contributed by atoms with E-state index in [9.17, 15) is 0 Å². The Morgan fingerprint density at radius 2 is 1.90 bits per heavy atom. The van der Waals surface area contributed by atoms with E-state index in [1.165, 1.54) is 12.8 Å². The molecule has 1 aliphatic rings. The lowest BCUT2D eigenvalue weighted by molar-refractivity contribution is 0.0839. The first-order chi connectivity index (χ1) is 9.85. The van der Waals surface area contributed by atoms with Crippen LogP contribution >= 0.6 is 0 Å². The van der Waals surface area contributed by atoms with Gasteiger partial charge in [0.25, 0.3) is 0 Å². The van der Waals surface area contributed by atoms with Crippen LogP contribution in [0.2, 0.25) is 0 Å². The Labute approximate surface area is 121 Å². The van der Waals surface area contributed by atoms with E-state index in [0.29, 0.717) is 25.4 Å². The molecule has 0 saturated heterocycles. The van der Waals surface area contributed by atoms with E-state index in [2.05, 4.69) is 5.32 Å². The molecule has 0 bridgehead atoms. The fraction of sp³-hybridized carbons (Fsp3) is 0.625. The lowest BCUT2D eigenvalue weighted by atomic mass is 10.2. The minimum absolute atomic E-state index is 0.353. The van der Waals surface area contributed by atoms with Gasteiger partial charge in [-0.1, -0.05) is 12.1 Å². The van der Waals surface area contributed by atoms with E-state index >= 15 is 0 Å². The molecule has 2 unspecified atom stereocenters. The van der Waals surface area contributed by atoms with Crippen LogP contribution in [0.5, 0.6) is 11.5 Å². The van der Waals surface area contributed by atoms with Crippen LogP contribution in [0, 0.1) is 0 Å². The highest BCUT2D eigenvalue weighted by atomic mass is 16.5. The maximum Gasteiger partial charge on any atom is 0.161 e.